The Balaban J connectivity index is 3.85. The topological polar surface area (TPSA) is 34.1 Å². The summed E-state index contributed by atoms with van der Waals surface area (Å²) in [6.07, 6.45) is 2.72. The van der Waals surface area contributed by atoms with Crippen LogP contribution < -0.4 is 0 Å². The molecule has 0 saturated heterocycles. The molecule has 0 aromatic heterocycles. The van der Waals surface area contributed by atoms with Crippen LogP contribution in [0.5, 0.6) is 0 Å². The van der Waals surface area contributed by atoms with Crippen LogP contribution in [0, 0.1) is 5.92 Å². The maximum absolute atomic E-state index is 11.2. The predicted molar refractivity (Wildman–Crippen MR) is 49.0 cm³/mol. The van der Waals surface area contributed by atoms with Gasteiger partial charge in [-0.25, -0.2) is 0 Å². The first-order chi connectivity index (χ1) is 5.61. The van der Waals surface area contributed by atoms with Gasteiger partial charge in [-0.05, 0) is 19.8 Å². The second-order valence-corrected chi connectivity index (χ2v) is 3.21. The van der Waals surface area contributed by atoms with Crippen molar-refractivity contribution in [2.24, 2.45) is 5.92 Å². The van der Waals surface area contributed by atoms with E-state index in [1.54, 1.807) is 6.92 Å². The summed E-state index contributed by atoms with van der Waals surface area (Å²) in [5.41, 5.74) is 0. The van der Waals surface area contributed by atoms with E-state index in [-0.39, 0.29) is 17.5 Å². The smallest absolute Gasteiger partial charge is 0.133 e. The van der Waals surface area contributed by atoms with Crippen LogP contribution in [-0.2, 0) is 9.59 Å². The fraction of sp³-hybridized carbons (Fsp3) is 0.800. The van der Waals surface area contributed by atoms with Gasteiger partial charge in [-0.1, -0.05) is 13.8 Å². The van der Waals surface area contributed by atoms with E-state index in [2.05, 4.69) is 0 Å². The van der Waals surface area contributed by atoms with Crippen LogP contribution in [0.1, 0.15) is 46.5 Å². The van der Waals surface area contributed by atoms with Gasteiger partial charge in [-0.3, -0.25) is 9.59 Å². The number of carbonyl (C=O) groups is 2. The Hall–Kier alpha value is -0.660. The fourth-order valence-electron chi connectivity index (χ4n) is 1.23. The highest BCUT2D eigenvalue weighted by Crippen LogP contribution is 2.11. The molecule has 0 fully saturated rings. The van der Waals surface area contributed by atoms with Crippen LogP contribution in [-0.4, -0.2) is 11.6 Å². The number of rotatable bonds is 6. The molecule has 2 heteroatoms. The number of Topliss-reactive ketones (excluding diaryl/α,β-unsaturated/α-hetero) is 2. The molecule has 0 bridgehead atoms. The second kappa shape index (κ2) is 5.92. The predicted octanol–water partition coefficient (Wildman–Crippen LogP) is 2.36. The molecule has 0 radical (unpaired) electrons. The number of hydrogen-bond acceptors (Lipinski definition) is 2. The largest absolute Gasteiger partial charge is 0.300 e. The van der Waals surface area contributed by atoms with Crippen molar-refractivity contribution >= 4 is 11.6 Å². The molecule has 2 nitrogen and oxygen atoms in total. The van der Waals surface area contributed by atoms with E-state index in [9.17, 15) is 9.59 Å². The van der Waals surface area contributed by atoms with Crippen LogP contribution in [0.3, 0.4) is 0 Å². The van der Waals surface area contributed by atoms with E-state index < -0.39 is 0 Å². The third kappa shape index (κ3) is 4.27. The van der Waals surface area contributed by atoms with Crippen molar-refractivity contribution in [3.05, 3.63) is 0 Å². The third-order valence-corrected chi connectivity index (χ3v) is 2.07. The molecule has 0 spiro atoms. The number of carbonyl (C=O) groups excluding carboxylic acids is 2. The van der Waals surface area contributed by atoms with Crippen molar-refractivity contribution in [3.63, 3.8) is 0 Å². The first-order valence-corrected chi connectivity index (χ1v) is 4.63. The van der Waals surface area contributed by atoms with Gasteiger partial charge in [-0.2, -0.15) is 0 Å². The highest BCUT2D eigenvalue weighted by molar-refractivity contribution is 5.86. The lowest BCUT2D eigenvalue weighted by atomic mass is 9.94. The molecule has 0 rings (SSSR count). The van der Waals surface area contributed by atoms with Gasteiger partial charge in [0, 0.05) is 18.8 Å². The van der Waals surface area contributed by atoms with Gasteiger partial charge in [0.15, 0.2) is 0 Å². The van der Waals surface area contributed by atoms with Gasteiger partial charge in [0.2, 0.25) is 0 Å². The normalized spacial score (nSPS) is 12.6. The van der Waals surface area contributed by atoms with Crippen molar-refractivity contribution in [2.75, 3.05) is 0 Å². The molecule has 0 aromatic carbocycles. The zero-order valence-corrected chi connectivity index (χ0v) is 8.22. The minimum atomic E-state index is -0.0379. The molecular weight excluding hydrogens is 152 g/mol. The van der Waals surface area contributed by atoms with Gasteiger partial charge in [0.1, 0.15) is 11.6 Å². The van der Waals surface area contributed by atoms with E-state index in [0.29, 0.717) is 12.8 Å². The summed E-state index contributed by atoms with van der Waals surface area (Å²) in [5.74, 6) is 0.325. The lowest BCUT2D eigenvalue weighted by Gasteiger charge is -2.08. The van der Waals surface area contributed by atoms with Crippen LogP contribution in [0.4, 0.5) is 0 Å². The summed E-state index contributed by atoms with van der Waals surface area (Å²) in [7, 11) is 0. The zero-order valence-electron chi connectivity index (χ0n) is 8.22. The lowest BCUT2D eigenvalue weighted by Crippen LogP contribution is -2.14. The first kappa shape index (κ1) is 11.3. The highest BCUT2D eigenvalue weighted by Gasteiger charge is 2.15. The van der Waals surface area contributed by atoms with Crippen molar-refractivity contribution < 1.29 is 9.59 Å². The van der Waals surface area contributed by atoms with Gasteiger partial charge in [0.05, 0.1) is 0 Å². The SMILES string of the molecule is CCCC(=O)CC(CC)C(C)=O. The van der Waals surface area contributed by atoms with Crippen LogP contribution in [0.15, 0.2) is 0 Å². The number of hydrogen-bond donors (Lipinski definition) is 0. The molecular formula is C10H18O2. The van der Waals surface area contributed by atoms with E-state index in [4.69, 9.17) is 0 Å². The fourth-order valence-corrected chi connectivity index (χ4v) is 1.23. The Kier molecular flexibility index (Phi) is 5.60. The average Bonchev–Trinajstić information content (AvgIpc) is 2.00. The van der Waals surface area contributed by atoms with E-state index in [1.165, 1.54) is 0 Å². The maximum Gasteiger partial charge on any atom is 0.133 e. The molecule has 1 unspecified atom stereocenters. The minimum absolute atomic E-state index is 0.0379. The van der Waals surface area contributed by atoms with Crippen molar-refractivity contribution in [1.82, 2.24) is 0 Å². The molecule has 0 aliphatic carbocycles. The molecule has 70 valence electrons. The lowest BCUT2D eigenvalue weighted by molar-refractivity contribution is -0.126. The van der Waals surface area contributed by atoms with Crippen molar-refractivity contribution in [3.8, 4) is 0 Å². The molecule has 0 N–H and O–H groups in total. The van der Waals surface area contributed by atoms with Gasteiger partial charge in [-0.15, -0.1) is 0 Å². The van der Waals surface area contributed by atoms with Crippen LogP contribution in [0.2, 0.25) is 0 Å². The highest BCUT2D eigenvalue weighted by atomic mass is 16.1. The summed E-state index contributed by atoms with van der Waals surface area (Å²) in [5, 5.41) is 0. The molecule has 1 atom stereocenters. The van der Waals surface area contributed by atoms with Gasteiger partial charge in [0.25, 0.3) is 0 Å². The van der Waals surface area contributed by atoms with Crippen molar-refractivity contribution in [1.29, 1.82) is 0 Å². The Morgan fingerprint density at radius 3 is 2.17 bits per heavy atom. The quantitative estimate of drug-likeness (QED) is 0.613. The number of ketones is 2. The molecule has 0 aliphatic heterocycles. The Labute approximate surface area is 74.3 Å². The Bertz CT molecular complexity index is 161. The van der Waals surface area contributed by atoms with E-state index in [0.717, 1.165) is 12.8 Å². The summed E-state index contributed by atoms with van der Waals surface area (Å²) >= 11 is 0. The van der Waals surface area contributed by atoms with Gasteiger partial charge < -0.3 is 0 Å². The average molecular weight is 170 g/mol. The first-order valence-electron chi connectivity index (χ1n) is 4.63. The molecule has 0 saturated carbocycles. The van der Waals surface area contributed by atoms with Crippen LogP contribution in [0.25, 0.3) is 0 Å². The standard InChI is InChI=1S/C10H18O2/c1-4-6-10(12)7-9(5-2)8(3)11/h9H,4-7H2,1-3H3. The third-order valence-electron chi connectivity index (χ3n) is 2.07. The molecule has 0 aromatic rings. The summed E-state index contributed by atoms with van der Waals surface area (Å²) in [6, 6.07) is 0. The molecule has 0 heterocycles. The summed E-state index contributed by atoms with van der Waals surface area (Å²) in [4.78, 5) is 22.1. The Morgan fingerprint density at radius 2 is 1.83 bits per heavy atom. The van der Waals surface area contributed by atoms with Crippen molar-refractivity contribution in [2.45, 2.75) is 46.5 Å². The van der Waals surface area contributed by atoms with Crippen LogP contribution >= 0.6 is 0 Å². The minimum Gasteiger partial charge on any atom is -0.300 e. The maximum atomic E-state index is 11.2. The molecule has 0 aliphatic rings. The monoisotopic (exact) mass is 170 g/mol. The summed E-state index contributed by atoms with van der Waals surface area (Å²) in [6.45, 7) is 5.49. The van der Waals surface area contributed by atoms with E-state index in [1.807, 2.05) is 13.8 Å². The zero-order chi connectivity index (χ0) is 9.56. The van der Waals surface area contributed by atoms with E-state index >= 15 is 0 Å². The molecule has 12 heavy (non-hydrogen) atoms. The van der Waals surface area contributed by atoms with Gasteiger partial charge >= 0.3 is 0 Å². The molecule has 0 amide bonds. The summed E-state index contributed by atoms with van der Waals surface area (Å²) < 4.78 is 0. The Morgan fingerprint density at radius 1 is 1.25 bits per heavy atom. The second-order valence-electron chi connectivity index (χ2n) is 3.21.